The summed E-state index contributed by atoms with van der Waals surface area (Å²) in [7, 11) is 2.55. The molecule has 1 aliphatic carbocycles. The number of guanidine groups is 1. The van der Waals surface area contributed by atoms with E-state index in [9.17, 15) is 43.2 Å². The lowest BCUT2D eigenvalue weighted by atomic mass is 9.85. The minimum Gasteiger partial charge on any atom is -0.494 e. The summed E-state index contributed by atoms with van der Waals surface area (Å²) in [5.41, 5.74) is 23.5. The third kappa shape index (κ3) is 21.3. The van der Waals surface area contributed by atoms with Crippen LogP contribution in [-0.2, 0) is 56.0 Å². The summed E-state index contributed by atoms with van der Waals surface area (Å²) in [5, 5.41) is 21.5. The van der Waals surface area contributed by atoms with E-state index in [0.29, 0.717) is 36.3 Å². The fraction of sp³-hybridized carbons (Fsp3) is 0.560. The molecule has 0 aromatic heterocycles. The van der Waals surface area contributed by atoms with Crippen molar-refractivity contribution in [2.45, 2.75) is 132 Å². The zero-order valence-corrected chi connectivity index (χ0v) is 44.5. The quantitative estimate of drug-likeness (QED) is 0.0329. The second-order valence-electron chi connectivity index (χ2n) is 18.8. The molecule has 1 aliphatic heterocycles. The summed E-state index contributed by atoms with van der Waals surface area (Å²) < 4.78 is 4.92. The first-order valence-electron chi connectivity index (χ1n) is 25.3. The van der Waals surface area contributed by atoms with Crippen LogP contribution in [0.4, 0.5) is 0 Å². The van der Waals surface area contributed by atoms with E-state index >= 15 is 0 Å². The molecule has 1 heterocycles. The summed E-state index contributed by atoms with van der Waals surface area (Å²) in [5.74, 6) is -7.12. The van der Waals surface area contributed by atoms with Crippen molar-refractivity contribution in [3.8, 4) is 5.75 Å². The molecule has 9 amide bonds. The Morgan fingerprint density at radius 1 is 0.787 bits per heavy atom. The number of nitrogens with two attached hydrogens (primary N) is 4. The van der Waals surface area contributed by atoms with Gasteiger partial charge >= 0.3 is 0 Å². The van der Waals surface area contributed by atoms with Gasteiger partial charge in [0.2, 0.25) is 53.2 Å². The van der Waals surface area contributed by atoms with Gasteiger partial charge in [0.25, 0.3) is 0 Å². The molecular formula is C50H75N13O10S2. The van der Waals surface area contributed by atoms with Gasteiger partial charge in [0.1, 0.15) is 42.0 Å². The van der Waals surface area contributed by atoms with Gasteiger partial charge in [-0.05, 0) is 61.8 Å². The minimum atomic E-state index is -1.66. The molecule has 0 unspecified atom stereocenters. The Bertz CT molecular complexity index is 2280. The van der Waals surface area contributed by atoms with Crippen LogP contribution in [0.1, 0.15) is 89.7 Å². The van der Waals surface area contributed by atoms with Crippen LogP contribution in [0.25, 0.3) is 0 Å². The first kappa shape index (κ1) is 61.0. The Morgan fingerprint density at radius 3 is 2.04 bits per heavy atom. The Kier molecular flexibility index (Phi) is 25.5. The summed E-state index contributed by atoms with van der Waals surface area (Å²) >= 11 is 0. The first-order chi connectivity index (χ1) is 35.8. The van der Waals surface area contributed by atoms with Crippen LogP contribution in [0.3, 0.4) is 0 Å². The average molecular weight is 1080 g/mol. The van der Waals surface area contributed by atoms with Gasteiger partial charge in [-0.3, -0.25) is 48.1 Å². The third-order valence-electron chi connectivity index (χ3n) is 12.3. The van der Waals surface area contributed by atoms with Crippen molar-refractivity contribution < 1.29 is 47.9 Å². The second kappa shape index (κ2) is 31.3. The predicted molar refractivity (Wildman–Crippen MR) is 287 cm³/mol. The van der Waals surface area contributed by atoms with E-state index in [-0.39, 0.29) is 63.5 Å². The molecule has 1 saturated carbocycles. The second-order valence-corrected chi connectivity index (χ2v) is 21.6. The van der Waals surface area contributed by atoms with E-state index in [1.165, 1.54) is 21.6 Å². The van der Waals surface area contributed by atoms with Crippen molar-refractivity contribution in [1.82, 2.24) is 42.5 Å². The van der Waals surface area contributed by atoms with Gasteiger partial charge in [0, 0.05) is 49.4 Å². The highest BCUT2D eigenvalue weighted by atomic mass is 33.1. The maximum absolute atomic E-state index is 14.6. The fourth-order valence-corrected chi connectivity index (χ4v) is 11.8. The predicted octanol–water partition coefficient (Wildman–Crippen LogP) is -0.957. The number of hydrogen-bond donors (Lipinski definition) is 12. The first-order valence-corrected chi connectivity index (χ1v) is 27.6. The molecule has 1 spiro atoms. The standard InChI is InChI=1S/C50H75N13O10S2/c1-4-73-33-17-15-32(16-18-33)25-35-44(68)60-36(24-31-12-7-5-8-13-31)46(70)63-42(30(2)3)48(72)61-37(26-39(52)64)45(69)62-38(29-74-75-50(27-40(65)58-35)19-9-6-10-20-50)47(71)59-34(14-11-22-56-49(53)54)43(67)57-28-41(66)55-23-21-51/h5,7-8,12-13,15-18,30,34-38,42H,4,6,9-11,14,19-29,51H2,1-3H3,(H2,52,64)(H,55,66)(H,57,67)(H,58,65)(H,59,71)(H,60,68)(H,61,72)(H,62,69)(H,63,70)(H4,53,54,56)/t34-,35-,36-,37-,38-,42+/m1/s1. The highest BCUT2D eigenvalue weighted by Gasteiger charge is 2.39. The molecule has 23 nitrogen and oxygen atoms in total. The molecule has 2 aliphatic rings. The lowest BCUT2D eigenvalue weighted by Gasteiger charge is -2.36. The summed E-state index contributed by atoms with van der Waals surface area (Å²) in [6.07, 6.45) is 3.14. The molecule has 2 aromatic rings. The number of rotatable bonds is 20. The number of carbonyl (C=O) groups excluding carboxylic acids is 9. The van der Waals surface area contributed by atoms with Gasteiger partial charge in [0.05, 0.1) is 19.6 Å². The van der Waals surface area contributed by atoms with E-state index < -0.39 is 113 Å². The Morgan fingerprint density at radius 2 is 1.41 bits per heavy atom. The van der Waals surface area contributed by atoms with Gasteiger partial charge in [-0.15, -0.1) is 0 Å². The van der Waals surface area contributed by atoms with Crippen LogP contribution in [-0.4, -0.2) is 139 Å². The Hall–Kier alpha value is -6.60. The Balaban J connectivity index is 1.77. The van der Waals surface area contributed by atoms with E-state index in [0.717, 1.165) is 19.3 Å². The highest BCUT2D eigenvalue weighted by Crippen LogP contribution is 2.48. The third-order valence-corrected chi connectivity index (χ3v) is 15.7. The number of hydrogen-bond acceptors (Lipinski definition) is 14. The molecule has 412 valence electrons. The SMILES string of the molecule is CCOc1ccc(C[C@H]2NC(=O)CC3(CCCCC3)SSC[C@H](C(=O)N[C@H](CCCN=C(N)N)C(=O)NCC(=O)NCCN)NC(=O)[C@@H](CC(N)=O)NC(=O)[C@H](C(C)C)NC(=O)[C@@H](Cc3ccccc3)NC2=O)cc1. The lowest BCUT2D eigenvalue weighted by molar-refractivity contribution is -0.136. The number of ether oxygens (including phenoxy) is 1. The van der Waals surface area contributed by atoms with E-state index in [4.69, 9.17) is 27.7 Å². The molecule has 0 radical (unpaired) electrons. The number of benzene rings is 2. The van der Waals surface area contributed by atoms with Crippen molar-refractivity contribution in [3.05, 3.63) is 65.7 Å². The number of carbonyl (C=O) groups is 9. The maximum Gasteiger partial charge on any atom is 0.244 e. The van der Waals surface area contributed by atoms with Crippen molar-refractivity contribution in [1.29, 1.82) is 0 Å². The normalized spacial score (nSPS) is 21.4. The zero-order chi connectivity index (χ0) is 54.9. The average Bonchev–Trinajstić information content (AvgIpc) is 3.36. The van der Waals surface area contributed by atoms with Crippen LogP contribution < -0.4 is 70.2 Å². The number of amides is 9. The smallest absolute Gasteiger partial charge is 0.244 e. The van der Waals surface area contributed by atoms with E-state index in [1.54, 1.807) is 68.4 Å². The summed E-state index contributed by atoms with van der Waals surface area (Å²) in [6, 6.07) is 7.85. The zero-order valence-electron chi connectivity index (χ0n) is 42.9. The molecular weight excluding hydrogens is 1010 g/mol. The van der Waals surface area contributed by atoms with Crippen LogP contribution in [0.2, 0.25) is 0 Å². The molecule has 1 saturated heterocycles. The summed E-state index contributed by atoms with van der Waals surface area (Å²) in [6.45, 7) is 5.58. The van der Waals surface area contributed by atoms with Crippen LogP contribution in [0.5, 0.6) is 5.75 Å². The molecule has 4 rings (SSSR count). The minimum absolute atomic E-state index is 0.00791. The number of primary amides is 1. The van der Waals surface area contributed by atoms with Gasteiger partial charge in [0.15, 0.2) is 5.96 Å². The molecule has 16 N–H and O–H groups in total. The molecule has 6 atom stereocenters. The van der Waals surface area contributed by atoms with Crippen molar-refractivity contribution in [3.63, 3.8) is 0 Å². The molecule has 2 aromatic carbocycles. The maximum atomic E-state index is 14.6. The highest BCUT2D eigenvalue weighted by molar-refractivity contribution is 8.77. The lowest BCUT2D eigenvalue weighted by Crippen LogP contribution is -2.61. The van der Waals surface area contributed by atoms with Gasteiger partial charge in [-0.2, -0.15) is 0 Å². The van der Waals surface area contributed by atoms with Crippen LogP contribution >= 0.6 is 21.6 Å². The van der Waals surface area contributed by atoms with E-state index in [2.05, 4.69) is 47.5 Å². The van der Waals surface area contributed by atoms with Crippen LogP contribution in [0.15, 0.2) is 59.6 Å². The van der Waals surface area contributed by atoms with E-state index in [1.807, 2.05) is 6.92 Å². The molecule has 25 heteroatoms. The topological polar surface area (TPSA) is 376 Å². The molecule has 2 fully saturated rings. The number of aliphatic imine (C=N–C) groups is 1. The van der Waals surface area contributed by atoms with Gasteiger partial charge < -0.3 is 70.2 Å². The number of nitrogens with zero attached hydrogens (tertiary/aromatic N) is 1. The van der Waals surface area contributed by atoms with Crippen molar-refractivity contribution in [2.24, 2.45) is 33.8 Å². The summed E-state index contributed by atoms with van der Waals surface area (Å²) in [4.78, 5) is 129. The molecule has 75 heavy (non-hydrogen) atoms. The van der Waals surface area contributed by atoms with Crippen LogP contribution in [0, 0.1) is 5.92 Å². The fourth-order valence-electron chi connectivity index (χ4n) is 8.44. The van der Waals surface area contributed by atoms with Gasteiger partial charge in [-0.1, -0.05) is 97.2 Å². The van der Waals surface area contributed by atoms with Crippen molar-refractivity contribution in [2.75, 3.05) is 38.5 Å². The Labute approximate surface area is 445 Å². The van der Waals surface area contributed by atoms with Crippen molar-refractivity contribution >= 4 is 80.7 Å². The largest absolute Gasteiger partial charge is 0.494 e. The number of nitrogens with one attached hydrogen (secondary N) is 8. The molecule has 0 bridgehead atoms. The monoisotopic (exact) mass is 1080 g/mol. The van der Waals surface area contributed by atoms with Gasteiger partial charge in [-0.25, -0.2) is 0 Å².